The van der Waals surface area contributed by atoms with Crippen LogP contribution in [0.1, 0.15) is 24.8 Å². The van der Waals surface area contributed by atoms with Gasteiger partial charge in [-0.1, -0.05) is 23.9 Å². The Kier molecular flexibility index (Phi) is 7.03. The predicted molar refractivity (Wildman–Crippen MR) is 122 cm³/mol. The average Bonchev–Trinajstić information content (AvgIpc) is 3.26. The van der Waals surface area contributed by atoms with Crippen molar-refractivity contribution in [2.45, 2.75) is 31.0 Å². The third kappa shape index (κ3) is 5.75. The van der Waals surface area contributed by atoms with E-state index >= 15 is 0 Å². The molecule has 2 aromatic carbocycles. The van der Waals surface area contributed by atoms with Crippen molar-refractivity contribution >= 4 is 29.0 Å². The zero-order valence-electron chi connectivity index (χ0n) is 17.5. The van der Waals surface area contributed by atoms with Crippen LogP contribution in [0.25, 0.3) is 0 Å². The van der Waals surface area contributed by atoms with Gasteiger partial charge in [-0.3, -0.25) is 4.79 Å². The zero-order chi connectivity index (χ0) is 21.5. The molecule has 1 amide bonds. The minimum absolute atomic E-state index is 0.0882. The van der Waals surface area contributed by atoms with Crippen molar-refractivity contribution in [2.24, 2.45) is 0 Å². The quantitative estimate of drug-likeness (QED) is 0.539. The van der Waals surface area contributed by atoms with Crippen LogP contribution in [0.5, 0.6) is 5.75 Å². The highest BCUT2D eigenvalue weighted by atomic mass is 32.2. The van der Waals surface area contributed by atoms with E-state index in [0.29, 0.717) is 11.7 Å². The predicted octanol–water partition coefficient (Wildman–Crippen LogP) is 3.45. The minimum atomic E-state index is -0.0882. The van der Waals surface area contributed by atoms with Gasteiger partial charge in [-0.2, -0.15) is 0 Å². The van der Waals surface area contributed by atoms with Crippen LogP contribution < -0.4 is 15.0 Å². The highest BCUT2D eigenvalue weighted by Gasteiger charge is 2.13. The van der Waals surface area contributed by atoms with Gasteiger partial charge in [0.1, 0.15) is 5.75 Å². The molecule has 0 unspecified atom stereocenters. The van der Waals surface area contributed by atoms with Gasteiger partial charge < -0.3 is 15.0 Å². The van der Waals surface area contributed by atoms with Crippen LogP contribution in [0.2, 0.25) is 0 Å². The van der Waals surface area contributed by atoms with E-state index in [9.17, 15) is 4.79 Å². The molecule has 0 bridgehead atoms. The van der Waals surface area contributed by atoms with Gasteiger partial charge in [-0.15, -0.1) is 5.10 Å². The Hall–Kier alpha value is -3.07. The summed E-state index contributed by atoms with van der Waals surface area (Å²) in [5.74, 6) is 0.946. The first-order valence-electron chi connectivity index (χ1n) is 10.4. The van der Waals surface area contributed by atoms with E-state index in [1.54, 1.807) is 11.8 Å². The summed E-state index contributed by atoms with van der Waals surface area (Å²) in [4.78, 5) is 14.8. The van der Waals surface area contributed by atoms with Crippen molar-refractivity contribution in [1.82, 2.24) is 20.2 Å². The Bertz CT molecular complexity index is 984. The third-order valence-corrected chi connectivity index (χ3v) is 6.15. The fourth-order valence-electron chi connectivity index (χ4n) is 3.54. The maximum Gasteiger partial charge on any atom is 0.234 e. The molecule has 1 aliphatic heterocycles. The second-order valence-corrected chi connectivity index (χ2v) is 8.34. The lowest BCUT2D eigenvalue weighted by molar-refractivity contribution is -0.113. The van der Waals surface area contributed by atoms with Gasteiger partial charge >= 0.3 is 0 Å². The second-order valence-electron chi connectivity index (χ2n) is 7.40. The van der Waals surface area contributed by atoms with Gasteiger partial charge in [0.15, 0.2) is 0 Å². The van der Waals surface area contributed by atoms with Crippen LogP contribution >= 0.6 is 11.8 Å². The van der Waals surface area contributed by atoms with Gasteiger partial charge in [0.25, 0.3) is 0 Å². The van der Waals surface area contributed by atoms with Crippen LogP contribution in [0, 0.1) is 0 Å². The van der Waals surface area contributed by atoms with Crippen LogP contribution in [-0.2, 0) is 11.3 Å². The number of aromatic nitrogens is 4. The molecule has 0 atom stereocenters. The number of piperidine rings is 1. The number of hydrogen-bond acceptors (Lipinski definition) is 7. The molecule has 1 aromatic heterocycles. The summed E-state index contributed by atoms with van der Waals surface area (Å²) in [7, 11) is 1.64. The van der Waals surface area contributed by atoms with Crippen LogP contribution in [0.15, 0.2) is 53.7 Å². The van der Waals surface area contributed by atoms with Gasteiger partial charge in [0.2, 0.25) is 11.1 Å². The number of benzene rings is 2. The molecule has 31 heavy (non-hydrogen) atoms. The van der Waals surface area contributed by atoms with Crippen LogP contribution in [0.3, 0.4) is 0 Å². The monoisotopic (exact) mass is 438 g/mol. The number of nitrogens with zero attached hydrogens (tertiary/aromatic N) is 5. The number of ether oxygens (including phenoxy) is 1. The number of anilines is 2. The normalized spacial score (nSPS) is 13.8. The number of nitrogens with one attached hydrogen (secondary N) is 1. The van der Waals surface area contributed by atoms with Gasteiger partial charge in [-0.25, -0.2) is 4.68 Å². The average molecular weight is 439 g/mol. The Labute approximate surface area is 186 Å². The van der Waals surface area contributed by atoms with E-state index in [1.807, 2.05) is 36.4 Å². The van der Waals surface area contributed by atoms with Crippen LogP contribution in [0.4, 0.5) is 11.4 Å². The molecule has 1 N–H and O–H groups in total. The fraction of sp³-hybridized carbons (Fsp3) is 0.364. The lowest BCUT2D eigenvalue weighted by atomic mass is 10.1. The fourth-order valence-corrected chi connectivity index (χ4v) is 4.21. The molecule has 0 spiro atoms. The number of thioether (sulfide) groups is 1. The third-order valence-electron chi connectivity index (χ3n) is 5.20. The smallest absolute Gasteiger partial charge is 0.234 e. The van der Waals surface area contributed by atoms with E-state index in [-0.39, 0.29) is 11.7 Å². The Morgan fingerprint density at radius 2 is 1.81 bits per heavy atom. The molecular weight excluding hydrogens is 412 g/mol. The van der Waals surface area contributed by atoms with Crippen molar-refractivity contribution < 1.29 is 9.53 Å². The second kappa shape index (κ2) is 10.3. The number of methoxy groups -OCH3 is 1. The molecule has 2 heterocycles. The maximum atomic E-state index is 12.4. The summed E-state index contributed by atoms with van der Waals surface area (Å²) in [6, 6.07) is 15.8. The van der Waals surface area contributed by atoms with E-state index < -0.39 is 0 Å². The number of rotatable bonds is 8. The van der Waals surface area contributed by atoms with E-state index in [1.165, 1.54) is 36.7 Å². The highest BCUT2D eigenvalue weighted by Crippen LogP contribution is 2.22. The first-order chi connectivity index (χ1) is 15.2. The van der Waals surface area contributed by atoms with Crippen molar-refractivity contribution in [2.75, 3.05) is 36.2 Å². The number of tetrazole rings is 1. The topological polar surface area (TPSA) is 85.2 Å². The minimum Gasteiger partial charge on any atom is -0.497 e. The molecule has 1 fully saturated rings. The number of hydrogen-bond donors (Lipinski definition) is 1. The number of amides is 1. The standard InChI is InChI=1S/C22H26N6O2S/c1-30-20-11-5-17(6-12-20)15-28-22(24-25-26-28)31-16-21(29)23-18-7-9-19(10-8-18)27-13-3-2-4-14-27/h5-12H,2-4,13-16H2,1H3,(H,23,29). The summed E-state index contributed by atoms with van der Waals surface area (Å²) in [5, 5.41) is 15.4. The molecule has 8 nitrogen and oxygen atoms in total. The molecular formula is C22H26N6O2S. The number of carbonyl (C=O) groups is 1. The van der Waals surface area contributed by atoms with E-state index in [4.69, 9.17) is 4.74 Å². The highest BCUT2D eigenvalue weighted by molar-refractivity contribution is 7.99. The van der Waals surface area contributed by atoms with Gasteiger partial charge in [0, 0.05) is 24.5 Å². The molecule has 1 aliphatic rings. The molecule has 9 heteroatoms. The lowest BCUT2D eigenvalue weighted by Gasteiger charge is -2.28. The van der Waals surface area contributed by atoms with Crippen molar-refractivity contribution in [3.8, 4) is 5.75 Å². The lowest BCUT2D eigenvalue weighted by Crippen LogP contribution is -2.29. The largest absolute Gasteiger partial charge is 0.497 e. The van der Waals surface area contributed by atoms with Gasteiger partial charge in [-0.05, 0) is 71.7 Å². The Morgan fingerprint density at radius 1 is 1.06 bits per heavy atom. The maximum absolute atomic E-state index is 12.4. The summed E-state index contributed by atoms with van der Waals surface area (Å²) in [6.07, 6.45) is 3.80. The van der Waals surface area contributed by atoms with Crippen molar-refractivity contribution in [1.29, 1.82) is 0 Å². The first kappa shape index (κ1) is 21.2. The van der Waals surface area contributed by atoms with Crippen LogP contribution in [-0.4, -0.2) is 52.1 Å². The van der Waals surface area contributed by atoms with E-state index in [0.717, 1.165) is 30.1 Å². The Morgan fingerprint density at radius 3 is 2.52 bits per heavy atom. The molecule has 3 aromatic rings. The van der Waals surface area contributed by atoms with E-state index in [2.05, 4.69) is 37.9 Å². The Balaban J connectivity index is 1.28. The summed E-state index contributed by atoms with van der Waals surface area (Å²) >= 11 is 1.32. The molecule has 162 valence electrons. The summed E-state index contributed by atoms with van der Waals surface area (Å²) < 4.78 is 6.87. The molecule has 1 saturated heterocycles. The summed E-state index contributed by atoms with van der Waals surface area (Å²) in [5.41, 5.74) is 3.06. The SMILES string of the molecule is COc1ccc(Cn2nnnc2SCC(=O)Nc2ccc(N3CCCCC3)cc2)cc1. The molecule has 0 aliphatic carbocycles. The zero-order valence-corrected chi connectivity index (χ0v) is 18.3. The molecule has 0 radical (unpaired) electrons. The first-order valence-corrected chi connectivity index (χ1v) is 11.4. The van der Waals surface area contributed by atoms with Gasteiger partial charge in [0.05, 0.1) is 19.4 Å². The van der Waals surface area contributed by atoms with Crippen molar-refractivity contribution in [3.05, 3.63) is 54.1 Å². The summed E-state index contributed by atoms with van der Waals surface area (Å²) in [6.45, 7) is 2.74. The molecule has 0 saturated carbocycles. The number of carbonyl (C=O) groups excluding carboxylic acids is 1. The molecule has 4 rings (SSSR count). The van der Waals surface area contributed by atoms with Crippen molar-refractivity contribution in [3.63, 3.8) is 0 Å².